The molecule has 1 atom stereocenters. The number of aromatic nitrogens is 4. The molecule has 166 valence electrons. The second-order valence-electron chi connectivity index (χ2n) is 7.86. The Labute approximate surface area is 174 Å². The lowest BCUT2D eigenvalue weighted by Gasteiger charge is -2.27. The van der Waals surface area contributed by atoms with Crippen LogP contribution in [0.1, 0.15) is 49.3 Å². The number of rotatable bonds is 4. The van der Waals surface area contributed by atoms with Crippen LogP contribution in [0, 0.1) is 0 Å². The Balaban J connectivity index is 2.13. The van der Waals surface area contributed by atoms with Crippen molar-refractivity contribution >= 4 is 5.69 Å². The lowest BCUT2D eigenvalue weighted by molar-refractivity contribution is -0.138. The Morgan fingerprint density at radius 3 is 2.00 bits per heavy atom. The first-order valence-electron chi connectivity index (χ1n) is 9.17. The van der Waals surface area contributed by atoms with Crippen LogP contribution in [0.2, 0.25) is 0 Å². The van der Waals surface area contributed by atoms with Gasteiger partial charge in [-0.1, -0.05) is 18.2 Å². The van der Waals surface area contributed by atoms with Crippen LogP contribution < -0.4 is 5.32 Å². The van der Waals surface area contributed by atoms with Gasteiger partial charge in [0.05, 0.1) is 16.7 Å². The standard InChI is InChI=1S/C20H19F6N5/c1-18(2,3)31-17(28-29-30-31)16(14-6-4-5-7-15(14)20(24,25)26)27-13-10-8-12(9-11-13)19(21,22)23/h4-11,16,27H,1-3H3. The Hall–Kier alpha value is -3.11. The van der Waals surface area contributed by atoms with Crippen LogP contribution in [0.3, 0.4) is 0 Å². The van der Waals surface area contributed by atoms with Crippen molar-refractivity contribution in [3.63, 3.8) is 0 Å². The fourth-order valence-electron chi connectivity index (χ4n) is 3.06. The average molecular weight is 443 g/mol. The number of tetrazole rings is 1. The fourth-order valence-corrected chi connectivity index (χ4v) is 3.06. The van der Waals surface area contributed by atoms with E-state index in [4.69, 9.17) is 0 Å². The van der Waals surface area contributed by atoms with Crippen molar-refractivity contribution in [1.82, 2.24) is 20.2 Å². The largest absolute Gasteiger partial charge is 0.416 e. The minimum absolute atomic E-state index is 0.0871. The number of anilines is 1. The molecule has 0 saturated carbocycles. The van der Waals surface area contributed by atoms with Crippen LogP contribution in [0.15, 0.2) is 48.5 Å². The second-order valence-corrected chi connectivity index (χ2v) is 7.86. The third-order valence-electron chi connectivity index (χ3n) is 4.49. The highest BCUT2D eigenvalue weighted by Gasteiger charge is 2.38. The van der Waals surface area contributed by atoms with Gasteiger partial charge in [0, 0.05) is 5.69 Å². The molecule has 0 saturated heterocycles. The molecule has 2 aromatic carbocycles. The molecule has 0 spiro atoms. The number of halogens is 6. The first-order chi connectivity index (χ1) is 14.3. The van der Waals surface area contributed by atoms with Gasteiger partial charge >= 0.3 is 12.4 Å². The van der Waals surface area contributed by atoms with E-state index in [1.807, 2.05) is 0 Å². The number of hydrogen-bond acceptors (Lipinski definition) is 4. The van der Waals surface area contributed by atoms with E-state index in [0.717, 1.165) is 30.3 Å². The smallest absolute Gasteiger partial charge is 0.371 e. The predicted octanol–water partition coefficient (Wildman–Crippen LogP) is 5.67. The molecule has 1 unspecified atom stereocenters. The Morgan fingerprint density at radius 2 is 1.45 bits per heavy atom. The zero-order chi connectivity index (χ0) is 23.0. The zero-order valence-electron chi connectivity index (χ0n) is 16.8. The van der Waals surface area contributed by atoms with Crippen LogP contribution in [0.25, 0.3) is 0 Å². The van der Waals surface area contributed by atoms with E-state index in [-0.39, 0.29) is 17.1 Å². The zero-order valence-corrected chi connectivity index (χ0v) is 16.8. The van der Waals surface area contributed by atoms with E-state index in [2.05, 4.69) is 20.8 Å². The van der Waals surface area contributed by atoms with Crippen molar-refractivity contribution in [3.05, 3.63) is 71.0 Å². The summed E-state index contributed by atoms with van der Waals surface area (Å²) in [6, 6.07) is 7.74. The van der Waals surface area contributed by atoms with E-state index in [1.165, 1.54) is 22.9 Å². The van der Waals surface area contributed by atoms with Crippen LogP contribution in [-0.2, 0) is 17.9 Å². The Bertz CT molecular complexity index is 1030. The molecular weight excluding hydrogens is 424 g/mol. The SMILES string of the molecule is CC(C)(C)n1nnnc1C(Nc1ccc(C(F)(F)F)cc1)c1ccccc1C(F)(F)F. The van der Waals surface area contributed by atoms with Gasteiger partial charge in [0.2, 0.25) is 0 Å². The minimum Gasteiger partial charge on any atom is -0.371 e. The molecule has 0 aliphatic heterocycles. The molecule has 3 rings (SSSR count). The van der Waals surface area contributed by atoms with E-state index < -0.39 is 35.1 Å². The summed E-state index contributed by atoms with van der Waals surface area (Å²) in [5.74, 6) is 0.0871. The summed E-state index contributed by atoms with van der Waals surface area (Å²) < 4.78 is 81.1. The van der Waals surface area contributed by atoms with E-state index >= 15 is 0 Å². The van der Waals surface area contributed by atoms with Gasteiger partial charge in [-0.05, 0) is 67.1 Å². The summed E-state index contributed by atoms with van der Waals surface area (Å²) in [6.07, 6.45) is -9.19. The third kappa shape index (κ3) is 4.97. The van der Waals surface area contributed by atoms with Crippen LogP contribution in [0.4, 0.5) is 32.0 Å². The topological polar surface area (TPSA) is 55.6 Å². The maximum Gasteiger partial charge on any atom is 0.416 e. The predicted molar refractivity (Wildman–Crippen MR) is 101 cm³/mol. The van der Waals surface area contributed by atoms with Crippen LogP contribution in [-0.4, -0.2) is 20.2 Å². The number of hydrogen-bond donors (Lipinski definition) is 1. The molecule has 0 aliphatic rings. The van der Waals surface area contributed by atoms with Gasteiger partial charge in [-0.2, -0.15) is 26.3 Å². The van der Waals surface area contributed by atoms with Crippen molar-refractivity contribution in [2.45, 2.75) is 44.7 Å². The maximum atomic E-state index is 13.7. The molecular formula is C20H19F6N5. The van der Waals surface area contributed by atoms with Gasteiger partial charge < -0.3 is 5.32 Å². The van der Waals surface area contributed by atoms with Gasteiger partial charge in [0.25, 0.3) is 0 Å². The van der Waals surface area contributed by atoms with Gasteiger partial charge in [-0.15, -0.1) is 5.10 Å². The van der Waals surface area contributed by atoms with Crippen molar-refractivity contribution in [2.24, 2.45) is 0 Å². The highest BCUT2D eigenvalue weighted by atomic mass is 19.4. The lowest BCUT2D eigenvalue weighted by atomic mass is 9.97. The lowest BCUT2D eigenvalue weighted by Crippen LogP contribution is -2.30. The molecule has 5 nitrogen and oxygen atoms in total. The second kappa shape index (κ2) is 7.86. The average Bonchev–Trinajstić information content (AvgIpc) is 3.15. The van der Waals surface area contributed by atoms with Gasteiger partial charge in [0.1, 0.15) is 6.04 Å². The number of nitrogens with zero attached hydrogens (tertiary/aromatic N) is 4. The van der Waals surface area contributed by atoms with E-state index in [0.29, 0.717) is 0 Å². The summed E-state index contributed by atoms with van der Waals surface area (Å²) >= 11 is 0. The highest BCUT2D eigenvalue weighted by molar-refractivity contribution is 5.50. The molecule has 11 heteroatoms. The number of alkyl halides is 6. The van der Waals surface area contributed by atoms with Crippen LogP contribution >= 0.6 is 0 Å². The van der Waals surface area contributed by atoms with Crippen molar-refractivity contribution < 1.29 is 26.3 Å². The Morgan fingerprint density at radius 1 is 0.839 bits per heavy atom. The molecule has 1 aromatic heterocycles. The molecule has 1 heterocycles. The van der Waals surface area contributed by atoms with Crippen molar-refractivity contribution in [2.75, 3.05) is 5.32 Å². The first-order valence-corrected chi connectivity index (χ1v) is 9.17. The molecule has 0 amide bonds. The summed E-state index contributed by atoms with van der Waals surface area (Å²) in [4.78, 5) is 0. The molecule has 31 heavy (non-hydrogen) atoms. The number of nitrogens with one attached hydrogen (secondary N) is 1. The summed E-state index contributed by atoms with van der Waals surface area (Å²) in [5.41, 5.74) is -2.41. The minimum atomic E-state index is -4.66. The molecule has 0 aliphatic carbocycles. The fraction of sp³-hybridized carbons (Fsp3) is 0.350. The monoisotopic (exact) mass is 443 g/mol. The van der Waals surface area contributed by atoms with E-state index in [1.54, 1.807) is 20.8 Å². The summed E-state index contributed by atoms with van der Waals surface area (Å²) in [5, 5.41) is 14.3. The molecule has 0 fully saturated rings. The van der Waals surface area contributed by atoms with Crippen molar-refractivity contribution in [3.8, 4) is 0 Å². The molecule has 0 bridgehead atoms. The van der Waals surface area contributed by atoms with E-state index in [9.17, 15) is 26.3 Å². The van der Waals surface area contributed by atoms with Crippen LogP contribution in [0.5, 0.6) is 0 Å². The third-order valence-corrected chi connectivity index (χ3v) is 4.49. The quantitative estimate of drug-likeness (QED) is 0.528. The molecule has 1 N–H and O–H groups in total. The van der Waals surface area contributed by atoms with Gasteiger partial charge in [-0.25, -0.2) is 4.68 Å². The highest BCUT2D eigenvalue weighted by Crippen LogP contribution is 2.38. The molecule has 0 radical (unpaired) electrons. The maximum absolute atomic E-state index is 13.7. The summed E-state index contributed by atoms with van der Waals surface area (Å²) in [7, 11) is 0. The van der Waals surface area contributed by atoms with Crippen molar-refractivity contribution in [1.29, 1.82) is 0 Å². The van der Waals surface area contributed by atoms with Gasteiger partial charge in [0.15, 0.2) is 5.82 Å². The normalized spacial score (nSPS) is 13.8. The number of benzene rings is 2. The summed E-state index contributed by atoms with van der Waals surface area (Å²) in [6.45, 7) is 5.33. The Kier molecular flexibility index (Phi) is 5.72. The molecule has 3 aromatic rings. The first kappa shape index (κ1) is 22.6. The van der Waals surface area contributed by atoms with Gasteiger partial charge in [-0.3, -0.25) is 0 Å².